The molecule has 1 nitrogen and oxygen atoms in total. The maximum absolute atomic E-state index is 13.1. The van der Waals surface area contributed by atoms with E-state index in [1.807, 2.05) is 44.3 Å². The summed E-state index contributed by atoms with van der Waals surface area (Å²) in [4.78, 5) is 0. The zero-order valence-corrected chi connectivity index (χ0v) is 12.5. The third-order valence-corrected chi connectivity index (χ3v) is 3.83. The summed E-state index contributed by atoms with van der Waals surface area (Å²) in [5, 5.41) is 4.08. The summed E-state index contributed by atoms with van der Waals surface area (Å²) in [6.45, 7) is 1.95. The summed E-state index contributed by atoms with van der Waals surface area (Å²) in [5.41, 5.74) is 3.43. The van der Waals surface area contributed by atoms with Crippen molar-refractivity contribution in [3.8, 4) is 0 Å². The van der Waals surface area contributed by atoms with E-state index in [0.717, 1.165) is 23.4 Å². The molecule has 0 aliphatic carbocycles. The Balaban J connectivity index is 2.07. The Kier molecular flexibility index (Phi) is 5.16. The molecule has 0 saturated heterocycles. The van der Waals surface area contributed by atoms with Gasteiger partial charge < -0.3 is 5.32 Å². The van der Waals surface area contributed by atoms with Crippen LogP contribution in [0.15, 0.2) is 42.5 Å². The van der Waals surface area contributed by atoms with Crippen molar-refractivity contribution in [3.05, 3.63) is 70.0 Å². The number of hydrogen-bond acceptors (Lipinski definition) is 1. The first-order chi connectivity index (χ1) is 9.58. The number of hydrogen-bond donors (Lipinski definition) is 1. The van der Waals surface area contributed by atoms with E-state index in [9.17, 15) is 4.39 Å². The lowest BCUT2D eigenvalue weighted by Gasteiger charge is -2.18. The molecule has 0 aromatic heterocycles. The summed E-state index contributed by atoms with van der Waals surface area (Å²) in [6.07, 6.45) is 1.80. The minimum absolute atomic E-state index is 0.176. The summed E-state index contributed by atoms with van der Waals surface area (Å²) >= 11 is 5.90. The summed E-state index contributed by atoms with van der Waals surface area (Å²) in [7, 11) is 1.96. The first kappa shape index (κ1) is 15.0. The Morgan fingerprint density at radius 3 is 2.40 bits per heavy atom. The van der Waals surface area contributed by atoms with Gasteiger partial charge in [0.15, 0.2) is 0 Å². The van der Waals surface area contributed by atoms with Gasteiger partial charge in [-0.3, -0.25) is 0 Å². The monoisotopic (exact) mass is 291 g/mol. The molecule has 0 heterocycles. The van der Waals surface area contributed by atoms with Crippen LogP contribution in [0.5, 0.6) is 0 Å². The largest absolute Gasteiger partial charge is 0.316 e. The summed E-state index contributed by atoms with van der Waals surface area (Å²) < 4.78 is 13.1. The summed E-state index contributed by atoms with van der Waals surface area (Å²) in [6, 6.07) is 13.2. The lowest BCUT2D eigenvalue weighted by molar-refractivity contribution is 0.553. The molecular formula is C17H19ClFN. The Hall–Kier alpha value is -1.38. The Labute approximate surface area is 124 Å². The van der Waals surface area contributed by atoms with Gasteiger partial charge in [0.2, 0.25) is 0 Å². The first-order valence-corrected chi connectivity index (χ1v) is 7.13. The predicted octanol–water partition coefficient (Wildman–Crippen LogP) is 4.16. The number of aryl methyl sites for hydroxylation is 1. The van der Waals surface area contributed by atoms with Crippen molar-refractivity contribution < 1.29 is 4.39 Å². The van der Waals surface area contributed by atoms with E-state index in [1.165, 1.54) is 17.2 Å². The molecule has 2 rings (SSSR count). The van der Waals surface area contributed by atoms with Gasteiger partial charge >= 0.3 is 0 Å². The molecule has 106 valence electrons. The number of likely N-dealkylation sites (N-methyl/N-ethyl adjacent to an activating group) is 1. The molecule has 0 aliphatic rings. The Morgan fingerprint density at radius 1 is 1.10 bits per heavy atom. The molecule has 1 atom stereocenters. The quantitative estimate of drug-likeness (QED) is 0.872. The maximum Gasteiger partial charge on any atom is 0.123 e. The van der Waals surface area contributed by atoms with E-state index in [2.05, 4.69) is 5.32 Å². The smallest absolute Gasteiger partial charge is 0.123 e. The topological polar surface area (TPSA) is 12.0 Å². The van der Waals surface area contributed by atoms with Crippen molar-refractivity contribution in [2.75, 3.05) is 7.05 Å². The lowest BCUT2D eigenvalue weighted by atomic mass is 9.96. The molecule has 2 aromatic rings. The van der Waals surface area contributed by atoms with Crippen LogP contribution in [0.3, 0.4) is 0 Å². The molecule has 20 heavy (non-hydrogen) atoms. The minimum Gasteiger partial charge on any atom is -0.316 e. The predicted molar refractivity (Wildman–Crippen MR) is 82.8 cm³/mol. The second kappa shape index (κ2) is 6.87. The molecule has 1 unspecified atom stereocenters. The molecule has 0 spiro atoms. The van der Waals surface area contributed by atoms with Crippen LogP contribution in [-0.4, -0.2) is 13.1 Å². The van der Waals surface area contributed by atoms with Gasteiger partial charge in [0.05, 0.1) is 0 Å². The number of halogens is 2. The van der Waals surface area contributed by atoms with Crippen molar-refractivity contribution in [3.63, 3.8) is 0 Å². The fourth-order valence-corrected chi connectivity index (χ4v) is 2.46. The van der Waals surface area contributed by atoms with E-state index in [4.69, 9.17) is 11.6 Å². The van der Waals surface area contributed by atoms with E-state index in [-0.39, 0.29) is 5.82 Å². The van der Waals surface area contributed by atoms with Crippen LogP contribution in [0.2, 0.25) is 5.02 Å². The first-order valence-electron chi connectivity index (χ1n) is 6.75. The van der Waals surface area contributed by atoms with Crippen molar-refractivity contribution in [1.82, 2.24) is 5.32 Å². The van der Waals surface area contributed by atoms with Gasteiger partial charge in [-0.25, -0.2) is 4.39 Å². The molecule has 0 aliphatic heterocycles. The van der Waals surface area contributed by atoms with Gasteiger partial charge in [-0.15, -0.1) is 0 Å². The third-order valence-electron chi connectivity index (χ3n) is 3.57. The molecule has 0 radical (unpaired) electrons. The molecule has 2 aromatic carbocycles. The Morgan fingerprint density at radius 2 is 1.80 bits per heavy atom. The zero-order chi connectivity index (χ0) is 14.5. The van der Waals surface area contributed by atoms with Crippen LogP contribution in [0.25, 0.3) is 0 Å². The fraction of sp³-hybridized carbons (Fsp3) is 0.294. The third kappa shape index (κ3) is 4.06. The average Bonchev–Trinajstić information content (AvgIpc) is 2.43. The second-order valence-electron chi connectivity index (χ2n) is 5.09. The maximum atomic E-state index is 13.1. The number of rotatable bonds is 5. The van der Waals surface area contributed by atoms with Gasteiger partial charge in [0, 0.05) is 11.1 Å². The Bertz CT molecular complexity index is 566. The van der Waals surface area contributed by atoms with Gasteiger partial charge in [-0.05, 0) is 67.8 Å². The van der Waals surface area contributed by atoms with Crippen molar-refractivity contribution in [2.24, 2.45) is 0 Å². The highest BCUT2D eigenvalue weighted by Crippen LogP contribution is 2.16. The fourth-order valence-electron chi connectivity index (χ4n) is 2.34. The second-order valence-corrected chi connectivity index (χ2v) is 5.53. The van der Waals surface area contributed by atoms with Crippen LogP contribution in [0.4, 0.5) is 4.39 Å². The minimum atomic E-state index is -0.176. The number of nitrogens with one attached hydrogen (secondary N) is 1. The van der Waals surface area contributed by atoms with Gasteiger partial charge in [-0.2, -0.15) is 0 Å². The highest BCUT2D eigenvalue weighted by molar-refractivity contribution is 6.30. The molecule has 0 saturated carbocycles. The SMILES string of the molecule is CNC(Cc1ccc(Cl)cc1)Cc1ccc(F)cc1C. The van der Waals surface area contributed by atoms with Crippen LogP contribution in [0, 0.1) is 12.7 Å². The van der Waals surface area contributed by atoms with Crippen molar-refractivity contribution in [2.45, 2.75) is 25.8 Å². The van der Waals surface area contributed by atoms with Crippen molar-refractivity contribution >= 4 is 11.6 Å². The molecule has 0 fully saturated rings. The highest BCUT2D eigenvalue weighted by atomic mass is 35.5. The van der Waals surface area contributed by atoms with Gasteiger partial charge in [0.25, 0.3) is 0 Å². The molecule has 0 amide bonds. The molecular weight excluding hydrogens is 273 g/mol. The van der Waals surface area contributed by atoms with E-state index < -0.39 is 0 Å². The normalized spacial score (nSPS) is 12.4. The molecule has 3 heteroatoms. The average molecular weight is 292 g/mol. The highest BCUT2D eigenvalue weighted by Gasteiger charge is 2.10. The van der Waals surface area contributed by atoms with E-state index in [1.54, 1.807) is 6.07 Å². The van der Waals surface area contributed by atoms with E-state index in [0.29, 0.717) is 6.04 Å². The standard InChI is InChI=1S/C17H19ClFN/c1-12-9-16(19)8-5-14(12)11-17(20-2)10-13-3-6-15(18)7-4-13/h3-9,17,20H,10-11H2,1-2H3. The van der Waals surface area contributed by atoms with Gasteiger partial charge in [0.1, 0.15) is 5.82 Å². The number of benzene rings is 2. The molecule has 1 N–H and O–H groups in total. The summed E-state index contributed by atoms with van der Waals surface area (Å²) in [5.74, 6) is -0.176. The van der Waals surface area contributed by atoms with Crippen LogP contribution in [0.1, 0.15) is 16.7 Å². The van der Waals surface area contributed by atoms with Crippen LogP contribution in [-0.2, 0) is 12.8 Å². The van der Waals surface area contributed by atoms with E-state index >= 15 is 0 Å². The van der Waals surface area contributed by atoms with Crippen LogP contribution >= 0.6 is 11.6 Å². The molecule has 0 bridgehead atoms. The zero-order valence-electron chi connectivity index (χ0n) is 11.8. The lowest BCUT2D eigenvalue weighted by Crippen LogP contribution is -2.30. The van der Waals surface area contributed by atoms with Crippen LogP contribution < -0.4 is 5.32 Å². The van der Waals surface area contributed by atoms with Crippen molar-refractivity contribution in [1.29, 1.82) is 0 Å². The van der Waals surface area contributed by atoms with Gasteiger partial charge in [-0.1, -0.05) is 29.8 Å².